The van der Waals surface area contributed by atoms with Crippen molar-refractivity contribution in [2.45, 2.75) is 27.2 Å². The first-order valence-corrected chi connectivity index (χ1v) is 5.95. The Morgan fingerprint density at radius 1 is 1.58 bits per heavy atom. The molecule has 0 aliphatic carbocycles. The van der Waals surface area contributed by atoms with Gasteiger partial charge in [-0.15, -0.1) is 0 Å². The number of nitro groups is 1. The second-order valence-corrected chi connectivity index (χ2v) is 5.08. The van der Waals surface area contributed by atoms with Gasteiger partial charge in [0.1, 0.15) is 17.6 Å². The number of aromatic nitrogens is 1. The monoisotopic (exact) mass is 266 g/mol. The molecule has 0 spiro atoms. The lowest BCUT2D eigenvalue weighted by atomic mass is 9.90. The highest BCUT2D eigenvalue weighted by molar-refractivity contribution is 5.98. The Balaban J connectivity index is 2.93. The molecule has 0 aliphatic rings. The van der Waals surface area contributed by atoms with Gasteiger partial charge in [-0.25, -0.2) is 4.98 Å². The zero-order valence-corrected chi connectivity index (χ0v) is 11.3. The molecule has 1 amide bonds. The lowest BCUT2D eigenvalue weighted by Crippen LogP contribution is -2.34. The van der Waals surface area contributed by atoms with Gasteiger partial charge in [0.25, 0.3) is 11.6 Å². The van der Waals surface area contributed by atoms with E-state index in [1.807, 2.05) is 20.8 Å². The molecular formula is C12H18N4O3. The van der Waals surface area contributed by atoms with Crippen molar-refractivity contribution in [2.24, 2.45) is 5.41 Å². The maximum Gasteiger partial charge on any atom is 0.300 e. The zero-order chi connectivity index (χ0) is 14.6. The number of rotatable bonds is 5. The normalized spacial score (nSPS) is 11.1. The number of anilines is 1. The lowest BCUT2D eigenvalue weighted by molar-refractivity contribution is -0.385. The summed E-state index contributed by atoms with van der Waals surface area (Å²) in [6.07, 6.45) is 1.88. The highest BCUT2D eigenvalue weighted by Crippen LogP contribution is 2.21. The van der Waals surface area contributed by atoms with E-state index in [9.17, 15) is 14.9 Å². The minimum absolute atomic E-state index is 0.0654. The fraction of sp³-hybridized carbons (Fsp3) is 0.500. The van der Waals surface area contributed by atoms with E-state index >= 15 is 0 Å². The molecule has 1 aromatic rings. The van der Waals surface area contributed by atoms with Crippen molar-refractivity contribution in [1.82, 2.24) is 10.3 Å². The molecule has 7 nitrogen and oxygen atoms in total. The fourth-order valence-electron chi connectivity index (χ4n) is 1.33. The molecule has 19 heavy (non-hydrogen) atoms. The molecule has 1 aromatic heterocycles. The first-order valence-electron chi connectivity index (χ1n) is 5.95. The summed E-state index contributed by atoms with van der Waals surface area (Å²) in [4.78, 5) is 25.8. The van der Waals surface area contributed by atoms with Crippen LogP contribution in [0.15, 0.2) is 12.3 Å². The molecule has 0 unspecified atom stereocenters. The third-order valence-corrected chi connectivity index (χ3v) is 3.03. The van der Waals surface area contributed by atoms with E-state index in [4.69, 9.17) is 5.73 Å². The Morgan fingerprint density at radius 3 is 2.74 bits per heavy atom. The molecule has 0 saturated carbocycles. The summed E-state index contributed by atoms with van der Waals surface area (Å²) in [6.45, 7) is 6.45. The molecule has 0 aromatic carbocycles. The van der Waals surface area contributed by atoms with Crippen LogP contribution in [0.25, 0.3) is 0 Å². The number of carbonyl (C=O) groups excluding carboxylic acids is 1. The van der Waals surface area contributed by atoms with Gasteiger partial charge in [-0.1, -0.05) is 20.8 Å². The highest BCUT2D eigenvalue weighted by Gasteiger charge is 2.23. The standard InChI is InChI=1S/C12H18N4O3/c1-4-12(2,3)7-15-11(17)8-5-10(13)14-6-9(8)16(18)19/h5-6H,4,7H2,1-3H3,(H2,13,14)(H,15,17). The first-order chi connectivity index (χ1) is 8.76. The summed E-state index contributed by atoms with van der Waals surface area (Å²) in [5.74, 6) is -0.437. The van der Waals surface area contributed by atoms with Gasteiger partial charge in [0, 0.05) is 6.54 Å². The number of amides is 1. The van der Waals surface area contributed by atoms with Crippen LogP contribution >= 0.6 is 0 Å². The van der Waals surface area contributed by atoms with Crippen LogP contribution in [0.1, 0.15) is 37.6 Å². The fourth-order valence-corrected chi connectivity index (χ4v) is 1.33. The van der Waals surface area contributed by atoms with Crippen LogP contribution in [0.4, 0.5) is 11.5 Å². The first kappa shape index (κ1) is 14.9. The van der Waals surface area contributed by atoms with Gasteiger partial charge in [-0.05, 0) is 17.9 Å². The minimum Gasteiger partial charge on any atom is -0.384 e. The van der Waals surface area contributed by atoms with E-state index in [0.29, 0.717) is 6.54 Å². The molecule has 1 heterocycles. The van der Waals surface area contributed by atoms with Crippen LogP contribution in [0, 0.1) is 15.5 Å². The largest absolute Gasteiger partial charge is 0.384 e. The Labute approximate surface area is 111 Å². The minimum atomic E-state index is -0.647. The molecule has 0 bridgehead atoms. The van der Waals surface area contributed by atoms with E-state index < -0.39 is 10.8 Å². The van der Waals surface area contributed by atoms with E-state index in [2.05, 4.69) is 10.3 Å². The number of nitrogens with zero attached hydrogens (tertiary/aromatic N) is 2. The zero-order valence-electron chi connectivity index (χ0n) is 11.3. The number of nitrogens with one attached hydrogen (secondary N) is 1. The molecule has 104 valence electrons. The molecule has 0 saturated heterocycles. The summed E-state index contributed by atoms with van der Waals surface area (Å²) in [6, 6.07) is 1.21. The highest BCUT2D eigenvalue weighted by atomic mass is 16.6. The third kappa shape index (κ3) is 3.90. The quantitative estimate of drug-likeness (QED) is 0.622. The Kier molecular flexibility index (Phi) is 4.42. The number of nitrogens with two attached hydrogens (primary N) is 1. The summed E-state index contributed by atoms with van der Waals surface area (Å²) in [7, 11) is 0. The Bertz CT molecular complexity index is 500. The van der Waals surface area contributed by atoms with Gasteiger partial charge in [-0.2, -0.15) is 0 Å². The molecule has 0 aliphatic heterocycles. The van der Waals surface area contributed by atoms with Crippen molar-refractivity contribution in [3.8, 4) is 0 Å². The van der Waals surface area contributed by atoms with E-state index in [-0.39, 0.29) is 22.5 Å². The van der Waals surface area contributed by atoms with Crippen LogP contribution < -0.4 is 11.1 Å². The smallest absolute Gasteiger partial charge is 0.300 e. The Hall–Kier alpha value is -2.18. The molecule has 7 heteroatoms. The van der Waals surface area contributed by atoms with Crippen molar-refractivity contribution >= 4 is 17.4 Å². The number of hydrogen-bond donors (Lipinski definition) is 2. The Morgan fingerprint density at radius 2 is 2.21 bits per heavy atom. The average molecular weight is 266 g/mol. The summed E-state index contributed by atoms with van der Waals surface area (Å²) in [5, 5.41) is 13.5. The lowest BCUT2D eigenvalue weighted by Gasteiger charge is -2.22. The maximum absolute atomic E-state index is 12.0. The van der Waals surface area contributed by atoms with Gasteiger partial charge in [0.05, 0.1) is 4.92 Å². The van der Waals surface area contributed by atoms with Crippen LogP contribution in [-0.4, -0.2) is 22.4 Å². The number of nitrogen functional groups attached to an aromatic ring is 1. The van der Waals surface area contributed by atoms with Gasteiger partial charge in [0.15, 0.2) is 0 Å². The number of carbonyl (C=O) groups is 1. The second-order valence-electron chi connectivity index (χ2n) is 5.08. The molecule has 0 atom stereocenters. The van der Waals surface area contributed by atoms with Gasteiger partial charge >= 0.3 is 0 Å². The second kappa shape index (κ2) is 5.64. The molecule has 0 radical (unpaired) electrons. The van der Waals surface area contributed by atoms with Crippen LogP contribution in [-0.2, 0) is 0 Å². The summed E-state index contributed by atoms with van der Waals surface area (Å²) < 4.78 is 0. The predicted octanol–water partition coefficient (Wildman–Crippen LogP) is 1.74. The van der Waals surface area contributed by atoms with Crippen molar-refractivity contribution in [3.05, 3.63) is 27.9 Å². The number of hydrogen-bond acceptors (Lipinski definition) is 5. The van der Waals surface area contributed by atoms with Crippen molar-refractivity contribution in [2.75, 3.05) is 12.3 Å². The SMILES string of the molecule is CCC(C)(C)CNC(=O)c1cc(N)ncc1[N+](=O)[O-]. The molecule has 3 N–H and O–H groups in total. The topological polar surface area (TPSA) is 111 Å². The average Bonchev–Trinajstić information content (AvgIpc) is 2.35. The molecule has 0 fully saturated rings. The summed E-state index contributed by atoms with van der Waals surface area (Å²) in [5.41, 5.74) is 4.98. The van der Waals surface area contributed by atoms with Crippen LogP contribution in [0.2, 0.25) is 0 Å². The van der Waals surface area contributed by atoms with Gasteiger partial charge < -0.3 is 11.1 Å². The van der Waals surface area contributed by atoms with Crippen LogP contribution in [0.3, 0.4) is 0 Å². The molecular weight excluding hydrogens is 248 g/mol. The van der Waals surface area contributed by atoms with Crippen molar-refractivity contribution in [1.29, 1.82) is 0 Å². The van der Waals surface area contributed by atoms with Gasteiger partial charge in [-0.3, -0.25) is 14.9 Å². The van der Waals surface area contributed by atoms with Crippen LogP contribution in [0.5, 0.6) is 0 Å². The van der Waals surface area contributed by atoms with E-state index in [1.54, 1.807) is 0 Å². The van der Waals surface area contributed by atoms with Crippen molar-refractivity contribution in [3.63, 3.8) is 0 Å². The summed E-state index contributed by atoms with van der Waals surface area (Å²) >= 11 is 0. The maximum atomic E-state index is 12.0. The predicted molar refractivity (Wildman–Crippen MR) is 71.7 cm³/mol. The van der Waals surface area contributed by atoms with Gasteiger partial charge in [0.2, 0.25) is 0 Å². The molecule has 1 rings (SSSR count). The number of pyridine rings is 1. The van der Waals surface area contributed by atoms with E-state index in [0.717, 1.165) is 12.6 Å². The van der Waals surface area contributed by atoms with Crippen molar-refractivity contribution < 1.29 is 9.72 Å². The van der Waals surface area contributed by atoms with E-state index in [1.165, 1.54) is 6.07 Å². The third-order valence-electron chi connectivity index (χ3n) is 3.03.